The van der Waals surface area contributed by atoms with Crippen molar-refractivity contribution in [3.05, 3.63) is 209 Å². The molecular formula is C66H59N9O11S4. The summed E-state index contributed by atoms with van der Waals surface area (Å²) in [4.78, 5) is 89.5. The molecule has 0 saturated carbocycles. The van der Waals surface area contributed by atoms with Crippen LogP contribution in [0.1, 0.15) is 16.7 Å². The van der Waals surface area contributed by atoms with E-state index in [1.54, 1.807) is 35.9 Å². The molecule has 3 fully saturated rings. The quantitative estimate of drug-likeness (QED) is 0.0534. The average molecular weight is 1280 g/mol. The van der Waals surface area contributed by atoms with Gasteiger partial charge in [-0.25, -0.2) is 15.0 Å². The van der Waals surface area contributed by atoms with Crippen molar-refractivity contribution in [1.29, 1.82) is 0 Å². The molecule has 9 aromatic rings. The van der Waals surface area contributed by atoms with E-state index in [1.165, 1.54) is 5.56 Å². The number of thiazole rings is 1. The highest BCUT2D eigenvalue weighted by Crippen LogP contribution is 2.32. The number of oxazole rings is 2. The Kier molecular flexibility index (Phi) is 21.6. The lowest BCUT2D eigenvalue weighted by Crippen LogP contribution is -2.25. The molecule has 3 aromatic heterocycles. The number of hydrogen-bond donors (Lipinski definition) is 3. The molecule has 3 aliphatic heterocycles. The van der Waals surface area contributed by atoms with Gasteiger partial charge in [0.2, 0.25) is 5.91 Å². The van der Waals surface area contributed by atoms with Crippen molar-refractivity contribution >= 4 is 109 Å². The van der Waals surface area contributed by atoms with Crippen LogP contribution in [0, 0.1) is 0 Å². The second kappa shape index (κ2) is 30.8. The van der Waals surface area contributed by atoms with Crippen molar-refractivity contribution in [2.75, 3.05) is 75.3 Å². The van der Waals surface area contributed by atoms with Crippen molar-refractivity contribution in [1.82, 2.24) is 30.9 Å². The highest BCUT2D eigenvalue weighted by Gasteiger charge is 2.31. The fourth-order valence-corrected chi connectivity index (χ4v) is 11.8. The Hall–Kier alpha value is -9.88. The Morgan fingerprint density at radius 3 is 1.31 bits per heavy atom. The van der Waals surface area contributed by atoms with E-state index in [9.17, 15) is 28.8 Å². The number of thioether (sulfide) groups is 3. The first-order chi connectivity index (χ1) is 43.7. The summed E-state index contributed by atoms with van der Waals surface area (Å²) in [6.07, 6.45) is 9.21. The van der Waals surface area contributed by atoms with Gasteiger partial charge in [-0.2, -0.15) is 0 Å². The van der Waals surface area contributed by atoms with E-state index < -0.39 is 0 Å². The summed E-state index contributed by atoms with van der Waals surface area (Å²) in [6.45, 7) is 3.34. The predicted octanol–water partition coefficient (Wildman–Crippen LogP) is 12.6. The predicted molar refractivity (Wildman–Crippen MR) is 354 cm³/mol. The van der Waals surface area contributed by atoms with Gasteiger partial charge in [-0.05, 0) is 101 Å². The summed E-state index contributed by atoms with van der Waals surface area (Å²) in [6, 6.07) is 53.2. The molecular weight excluding hydrogens is 1220 g/mol. The first-order valence-electron chi connectivity index (χ1n) is 28.1. The molecule has 0 aliphatic carbocycles. The Balaban J connectivity index is 0.000000148. The third-order valence-corrected chi connectivity index (χ3v) is 17.2. The summed E-state index contributed by atoms with van der Waals surface area (Å²) in [5, 5.41) is 6.40. The molecule has 20 nitrogen and oxygen atoms in total. The number of amides is 6. The number of nitrogens with one attached hydrogen (secondary N) is 3. The van der Waals surface area contributed by atoms with Crippen LogP contribution in [-0.4, -0.2) is 114 Å². The fraction of sp³-hybridized carbons (Fsp3) is 0.167. The molecule has 3 saturated heterocycles. The van der Waals surface area contributed by atoms with Gasteiger partial charge in [0.1, 0.15) is 37.1 Å². The monoisotopic (exact) mass is 1280 g/mol. The molecule has 458 valence electrons. The number of likely N-dealkylation sites (N-methyl/N-ethyl adjacent to an activating group) is 3. The van der Waals surface area contributed by atoms with E-state index in [-0.39, 0.29) is 38.7 Å². The van der Waals surface area contributed by atoms with Gasteiger partial charge < -0.3 is 37.7 Å². The lowest BCUT2D eigenvalue weighted by atomic mass is 10.1. The van der Waals surface area contributed by atoms with Crippen molar-refractivity contribution < 1.29 is 51.8 Å². The minimum Gasteiger partial charge on any atom is -0.492 e. The standard InChI is InChI=1S/C22H21N3O4S.C22H19N3O4S.C22H19N3O3S2/c2*1-25(21-23-14-18(29-21)16-5-3-2-4-6-16)11-12-28-17-9-7-15(8-10-17)13-19-20(26)24-22(27)30-19;1-25(21-23-14-19(29-21)16-5-3-2-4-6-16)11-12-28-17-9-7-15(8-10-17)13-18-20(26)24-22(27)30-18/h2-10,14,19H,11-13H2,1H3,(H,24,26,27);2*2-10,13-14H,11-12H2,1H3,(H,24,26,27)/b;19-13+;18-13+. The number of imide groups is 3. The maximum atomic E-state index is 11.7. The minimum absolute atomic E-state index is 0.227. The maximum Gasteiger partial charge on any atom is 0.297 e. The smallest absolute Gasteiger partial charge is 0.297 e. The molecule has 6 heterocycles. The highest BCUT2D eigenvalue weighted by molar-refractivity contribution is 8.18. The van der Waals surface area contributed by atoms with Crippen LogP contribution in [0.4, 0.5) is 31.5 Å². The molecule has 3 N–H and O–H groups in total. The highest BCUT2D eigenvalue weighted by atomic mass is 32.2. The Labute approximate surface area is 535 Å². The van der Waals surface area contributed by atoms with Gasteiger partial charge in [0, 0.05) is 38.5 Å². The van der Waals surface area contributed by atoms with Crippen LogP contribution in [0.2, 0.25) is 0 Å². The Morgan fingerprint density at radius 1 is 0.478 bits per heavy atom. The first kappa shape index (κ1) is 63.1. The Bertz CT molecular complexity index is 3820. The fourth-order valence-electron chi connectivity index (χ4n) is 8.65. The first-order valence-corrected chi connectivity index (χ1v) is 31.4. The third-order valence-electron chi connectivity index (χ3n) is 13.5. The summed E-state index contributed by atoms with van der Waals surface area (Å²) in [7, 11) is 5.79. The zero-order valence-electron chi connectivity index (χ0n) is 48.8. The lowest BCUT2D eigenvalue weighted by Gasteiger charge is -2.16. The molecule has 0 spiro atoms. The average Bonchev–Trinajstić information content (AvgIpc) is 3.89. The van der Waals surface area contributed by atoms with E-state index in [4.69, 9.17) is 23.0 Å². The zero-order chi connectivity index (χ0) is 62.8. The number of carbonyl (C=O) groups excluding carboxylic acids is 6. The van der Waals surface area contributed by atoms with Gasteiger partial charge in [-0.1, -0.05) is 150 Å². The summed E-state index contributed by atoms with van der Waals surface area (Å²) >= 11 is 4.49. The summed E-state index contributed by atoms with van der Waals surface area (Å²) in [5.74, 6) is 2.70. The van der Waals surface area contributed by atoms with Gasteiger partial charge in [-0.3, -0.25) is 44.7 Å². The number of anilines is 3. The van der Waals surface area contributed by atoms with E-state index in [1.807, 2.05) is 189 Å². The Morgan fingerprint density at radius 2 is 0.900 bits per heavy atom. The van der Waals surface area contributed by atoms with E-state index in [0.717, 1.165) is 96.1 Å². The molecule has 6 aromatic carbocycles. The number of aromatic nitrogens is 3. The van der Waals surface area contributed by atoms with Crippen LogP contribution in [-0.2, 0) is 20.8 Å². The van der Waals surface area contributed by atoms with Crippen LogP contribution in [0.3, 0.4) is 0 Å². The number of carbonyl (C=O) groups is 6. The maximum absolute atomic E-state index is 11.7. The van der Waals surface area contributed by atoms with Crippen molar-refractivity contribution in [2.24, 2.45) is 0 Å². The molecule has 0 bridgehead atoms. The van der Waals surface area contributed by atoms with Crippen LogP contribution >= 0.6 is 46.6 Å². The van der Waals surface area contributed by atoms with Gasteiger partial charge in [-0.15, -0.1) is 0 Å². The van der Waals surface area contributed by atoms with Crippen LogP contribution in [0.15, 0.2) is 201 Å². The minimum atomic E-state index is -0.365. The zero-order valence-corrected chi connectivity index (χ0v) is 52.1. The molecule has 0 radical (unpaired) electrons. The number of rotatable bonds is 22. The molecule has 1 atom stereocenters. The van der Waals surface area contributed by atoms with E-state index in [2.05, 4.69) is 47.9 Å². The molecule has 3 aliphatic rings. The lowest BCUT2D eigenvalue weighted by molar-refractivity contribution is -0.119. The topological polar surface area (TPSA) is 241 Å². The normalized spacial score (nSPS) is 15.1. The number of nitrogens with zero attached hydrogens (tertiary/aromatic N) is 6. The van der Waals surface area contributed by atoms with Crippen LogP contribution in [0.5, 0.6) is 17.2 Å². The largest absolute Gasteiger partial charge is 0.492 e. The van der Waals surface area contributed by atoms with E-state index >= 15 is 0 Å². The molecule has 12 rings (SSSR count). The number of ether oxygens (including phenoxy) is 3. The summed E-state index contributed by atoms with van der Waals surface area (Å²) in [5.41, 5.74) is 5.77. The molecule has 24 heteroatoms. The molecule has 90 heavy (non-hydrogen) atoms. The van der Waals surface area contributed by atoms with Crippen LogP contribution < -0.4 is 44.9 Å². The van der Waals surface area contributed by atoms with E-state index in [0.29, 0.717) is 73.5 Å². The van der Waals surface area contributed by atoms with Crippen LogP contribution in [0.25, 0.3) is 45.2 Å². The van der Waals surface area contributed by atoms with Gasteiger partial charge in [0.25, 0.3) is 39.6 Å². The van der Waals surface area contributed by atoms with Gasteiger partial charge in [0.15, 0.2) is 16.7 Å². The van der Waals surface area contributed by atoms with Gasteiger partial charge in [0.05, 0.1) is 52.0 Å². The SMILES string of the molecule is CN(CCOc1ccc(/C=C2/SC(=O)NC2=O)cc1)c1ncc(-c2ccccc2)o1.CN(CCOc1ccc(/C=C2/SC(=O)NC2=O)cc1)c1ncc(-c2ccccc2)s1.CN(CCOc1ccc(CC2SC(=O)NC2=O)cc1)c1ncc(-c2ccccc2)o1. The second-order valence-electron chi connectivity index (χ2n) is 20.0. The second-order valence-corrected chi connectivity index (χ2v) is 24.2. The number of benzene rings is 6. The van der Waals surface area contributed by atoms with Crippen molar-refractivity contribution in [2.45, 2.75) is 11.7 Å². The molecule has 1 unspecified atom stereocenters. The van der Waals surface area contributed by atoms with Crippen molar-refractivity contribution in [3.63, 3.8) is 0 Å². The van der Waals surface area contributed by atoms with Crippen molar-refractivity contribution in [3.8, 4) is 50.3 Å². The molecule has 6 amide bonds. The third kappa shape index (κ3) is 17.9. The van der Waals surface area contributed by atoms with Gasteiger partial charge >= 0.3 is 0 Å². The summed E-state index contributed by atoms with van der Waals surface area (Å²) < 4.78 is 29.1. The number of hydrogen-bond acceptors (Lipinski definition) is 21.